The molecular weight excluding hydrogens is 462 g/mol. The average molecular weight is 495 g/mol. The number of allylic oxidation sites excluding steroid dienone is 4. The summed E-state index contributed by atoms with van der Waals surface area (Å²) in [5, 5.41) is 9.07. The monoisotopic (exact) mass is 494 g/mol. The van der Waals surface area contributed by atoms with Crippen LogP contribution in [-0.2, 0) is 5.41 Å². The molecule has 0 radical (unpaired) electrons. The van der Waals surface area contributed by atoms with Crippen LogP contribution in [0.4, 0.5) is 11.4 Å². The maximum atomic E-state index is 3.92. The van der Waals surface area contributed by atoms with Crippen LogP contribution in [0.15, 0.2) is 109 Å². The van der Waals surface area contributed by atoms with Gasteiger partial charge in [0.25, 0.3) is 0 Å². The summed E-state index contributed by atoms with van der Waals surface area (Å²) >= 11 is 0. The highest BCUT2D eigenvalue weighted by Gasteiger charge is 2.40. The van der Waals surface area contributed by atoms with Gasteiger partial charge in [0.05, 0.1) is 16.7 Å². The average Bonchev–Trinajstić information content (AvgIpc) is 3.40. The molecule has 2 heterocycles. The minimum absolute atomic E-state index is 0.0465. The lowest BCUT2D eigenvalue weighted by Gasteiger charge is -2.34. The van der Waals surface area contributed by atoms with E-state index in [1.807, 2.05) is 0 Å². The standard InChI is InChI=1S/C35H31N3/c1-35(2)27-16-8-6-14-23(27)25-20-26-24-15-7-11-19-31(24)38(32(26)21-28(25)35)34-33(22-12-4-3-5-13-22)36-29-17-9-10-18-30(29)37-34/h3-7,9-15,17-21,33-34,36-37H,8,16H2,1-2H3/p+1. The van der Waals surface area contributed by atoms with Gasteiger partial charge in [0.2, 0.25) is 0 Å². The van der Waals surface area contributed by atoms with E-state index in [9.17, 15) is 0 Å². The van der Waals surface area contributed by atoms with Crippen molar-refractivity contribution in [1.29, 1.82) is 0 Å². The highest BCUT2D eigenvalue weighted by molar-refractivity contribution is 6.10. The first-order valence-electron chi connectivity index (χ1n) is 13.8. The van der Waals surface area contributed by atoms with Crippen molar-refractivity contribution in [1.82, 2.24) is 4.57 Å². The van der Waals surface area contributed by atoms with E-state index >= 15 is 0 Å². The smallest absolute Gasteiger partial charge is 0.195 e. The SMILES string of the molecule is CC1(C)C2=C(C=CCC2)c2cc3c4ccccc4n(C4[NH2+]c5ccccc5NC4c4ccccc4)c3cc21. The number of benzene rings is 4. The Balaban J connectivity index is 1.41. The van der Waals surface area contributed by atoms with Crippen molar-refractivity contribution in [2.45, 2.75) is 44.3 Å². The second-order valence-corrected chi connectivity index (χ2v) is 11.5. The van der Waals surface area contributed by atoms with E-state index in [0.717, 1.165) is 12.8 Å². The van der Waals surface area contributed by atoms with Crippen molar-refractivity contribution < 1.29 is 5.32 Å². The van der Waals surface area contributed by atoms with Crippen LogP contribution in [0, 0.1) is 0 Å². The van der Waals surface area contributed by atoms with Gasteiger partial charge in [0.1, 0.15) is 6.04 Å². The predicted molar refractivity (Wildman–Crippen MR) is 158 cm³/mol. The van der Waals surface area contributed by atoms with Gasteiger partial charge in [-0.15, -0.1) is 0 Å². The van der Waals surface area contributed by atoms with Gasteiger partial charge in [-0.05, 0) is 59.4 Å². The zero-order chi connectivity index (χ0) is 25.4. The first-order chi connectivity index (χ1) is 18.6. The van der Waals surface area contributed by atoms with E-state index in [2.05, 4.69) is 132 Å². The molecule has 2 aliphatic carbocycles. The Morgan fingerprint density at radius 1 is 0.842 bits per heavy atom. The molecule has 1 aliphatic heterocycles. The fourth-order valence-electron chi connectivity index (χ4n) is 7.31. The van der Waals surface area contributed by atoms with Gasteiger partial charge in [0, 0.05) is 22.3 Å². The van der Waals surface area contributed by atoms with Gasteiger partial charge in [-0.3, -0.25) is 9.88 Å². The summed E-state index contributed by atoms with van der Waals surface area (Å²) < 4.78 is 2.61. The second kappa shape index (κ2) is 7.96. The molecule has 5 aromatic rings. The number of para-hydroxylation sites is 3. The topological polar surface area (TPSA) is 33.6 Å². The van der Waals surface area contributed by atoms with Crippen LogP contribution in [-0.4, -0.2) is 4.57 Å². The molecule has 0 saturated heterocycles. The Morgan fingerprint density at radius 3 is 2.53 bits per heavy atom. The normalized spacial score (nSPS) is 21.3. The van der Waals surface area contributed by atoms with E-state index in [4.69, 9.17) is 0 Å². The van der Waals surface area contributed by atoms with Crippen molar-refractivity contribution in [3.8, 4) is 0 Å². The van der Waals surface area contributed by atoms with Crippen LogP contribution in [0.25, 0.3) is 27.4 Å². The number of nitrogens with two attached hydrogens (primary N) is 1. The number of nitrogens with one attached hydrogen (secondary N) is 1. The quantitative estimate of drug-likeness (QED) is 0.242. The molecule has 0 fully saturated rings. The van der Waals surface area contributed by atoms with Crippen LogP contribution in [0.2, 0.25) is 0 Å². The van der Waals surface area contributed by atoms with E-state index < -0.39 is 0 Å². The van der Waals surface area contributed by atoms with Crippen molar-refractivity contribution in [3.05, 3.63) is 125 Å². The fourth-order valence-corrected chi connectivity index (χ4v) is 7.31. The number of anilines is 1. The Bertz CT molecular complexity index is 1800. The predicted octanol–water partition coefficient (Wildman–Crippen LogP) is 7.75. The molecule has 186 valence electrons. The summed E-state index contributed by atoms with van der Waals surface area (Å²) in [5.74, 6) is 0. The number of quaternary nitrogens is 1. The Morgan fingerprint density at radius 2 is 1.63 bits per heavy atom. The number of hydrogen-bond acceptors (Lipinski definition) is 1. The summed E-state index contributed by atoms with van der Waals surface area (Å²) in [6.07, 6.45) is 7.15. The molecule has 3 heteroatoms. The highest BCUT2D eigenvalue weighted by Crippen LogP contribution is 2.52. The largest absolute Gasteiger partial charge is 0.366 e. The molecule has 3 nitrogen and oxygen atoms in total. The molecule has 8 rings (SSSR count). The summed E-state index contributed by atoms with van der Waals surface area (Å²) in [6.45, 7) is 4.84. The molecule has 3 N–H and O–H groups in total. The molecule has 0 spiro atoms. The minimum atomic E-state index is 0.0465. The fraction of sp³-hybridized carbons (Fsp3) is 0.200. The van der Waals surface area contributed by atoms with E-state index in [0.29, 0.717) is 0 Å². The Labute approximate surface area is 223 Å². The zero-order valence-corrected chi connectivity index (χ0v) is 21.9. The lowest BCUT2D eigenvalue weighted by Crippen LogP contribution is -2.84. The first-order valence-corrected chi connectivity index (χ1v) is 13.8. The Kier molecular flexibility index (Phi) is 4.60. The lowest BCUT2D eigenvalue weighted by molar-refractivity contribution is -0.639. The van der Waals surface area contributed by atoms with E-state index in [-0.39, 0.29) is 17.6 Å². The molecule has 4 aromatic carbocycles. The number of hydrogen-bond donors (Lipinski definition) is 2. The van der Waals surface area contributed by atoms with Crippen LogP contribution in [0.3, 0.4) is 0 Å². The third kappa shape index (κ3) is 3.00. The Hall–Kier alpha value is -4.08. The number of nitrogens with zero attached hydrogens (tertiary/aromatic N) is 1. The summed E-state index contributed by atoms with van der Waals surface area (Å²) in [6, 6.07) is 33.7. The summed E-state index contributed by atoms with van der Waals surface area (Å²) in [4.78, 5) is 0. The molecular formula is C35H32N3+. The number of rotatable bonds is 2. The maximum Gasteiger partial charge on any atom is 0.195 e. The van der Waals surface area contributed by atoms with Crippen LogP contribution in [0.1, 0.15) is 55.6 Å². The van der Waals surface area contributed by atoms with Gasteiger partial charge in [-0.1, -0.05) is 92.2 Å². The van der Waals surface area contributed by atoms with E-state index in [1.165, 1.54) is 55.4 Å². The van der Waals surface area contributed by atoms with Gasteiger partial charge >= 0.3 is 0 Å². The molecule has 0 amide bonds. The maximum absolute atomic E-state index is 3.92. The van der Waals surface area contributed by atoms with Crippen LogP contribution < -0.4 is 10.6 Å². The van der Waals surface area contributed by atoms with Crippen molar-refractivity contribution in [3.63, 3.8) is 0 Å². The number of aromatic nitrogens is 1. The van der Waals surface area contributed by atoms with Gasteiger partial charge < -0.3 is 5.32 Å². The van der Waals surface area contributed by atoms with Gasteiger partial charge in [0.15, 0.2) is 11.9 Å². The van der Waals surface area contributed by atoms with Crippen molar-refractivity contribution in [2.24, 2.45) is 0 Å². The second-order valence-electron chi connectivity index (χ2n) is 11.5. The van der Waals surface area contributed by atoms with E-state index in [1.54, 1.807) is 5.57 Å². The molecule has 3 aliphatic rings. The summed E-state index contributed by atoms with van der Waals surface area (Å²) in [7, 11) is 0. The number of fused-ring (bicyclic) bond motifs is 6. The lowest BCUT2D eigenvalue weighted by atomic mass is 9.78. The van der Waals surface area contributed by atoms with Gasteiger partial charge in [-0.25, -0.2) is 0 Å². The van der Waals surface area contributed by atoms with Gasteiger partial charge in [-0.2, -0.15) is 0 Å². The molecule has 0 saturated carbocycles. The first kappa shape index (κ1) is 22.0. The van der Waals surface area contributed by atoms with Crippen molar-refractivity contribution >= 4 is 38.8 Å². The molecule has 2 atom stereocenters. The zero-order valence-electron chi connectivity index (χ0n) is 21.9. The third-order valence-electron chi connectivity index (χ3n) is 9.16. The van der Waals surface area contributed by atoms with Crippen molar-refractivity contribution in [2.75, 3.05) is 5.32 Å². The molecule has 1 aromatic heterocycles. The summed E-state index contributed by atoms with van der Waals surface area (Å²) in [5.41, 5.74) is 12.4. The molecule has 38 heavy (non-hydrogen) atoms. The third-order valence-corrected chi connectivity index (χ3v) is 9.16. The minimum Gasteiger partial charge on any atom is -0.366 e. The molecule has 2 unspecified atom stereocenters. The molecule has 0 bridgehead atoms. The van der Waals surface area contributed by atoms with Crippen LogP contribution >= 0.6 is 0 Å². The highest BCUT2D eigenvalue weighted by atomic mass is 15.3. The van der Waals surface area contributed by atoms with Crippen LogP contribution in [0.5, 0.6) is 0 Å².